The van der Waals surface area contributed by atoms with E-state index < -0.39 is 15.4 Å². The molecule has 2 heterocycles. The van der Waals surface area contributed by atoms with Gasteiger partial charge in [0.25, 0.3) is 0 Å². The van der Waals surface area contributed by atoms with E-state index >= 15 is 0 Å². The molecule has 7 heteroatoms. The van der Waals surface area contributed by atoms with E-state index in [1.165, 1.54) is 5.56 Å². The van der Waals surface area contributed by atoms with Crippen LogP contribution in [0.2, 0.25) is 0 Å². The summed E-state index contributed by atoms with van der Waals surface area (Å²) in [6.45, 7) is 5.46. The number of sulfonamides is 1. The number of rotatable bonds is 8. The summed E-state index contributed by atoms with van der Waals surface area (Å²) in [4.78, 5) is 16.2. The summed E-state index contributed by atoms with van der Waals surface area (Å²) >= 11 is 0. The van der Waals surface area contributed by atoms with Crippen LogP contribution in [0.25, 0.3) is 0 Å². The van der Waals surface area contributed by atoms with Crippen LogP contribution >= 0.6 is 0 Å². The second-order valence-corrected chi connectivity index (χ2v) is 11.8. The molecule has 34 heavy (non-hydrogen) atoms. The molecule has 1 amide bonds. The fourth-order valence-corrected chi connectivity index (χ4v) is 6.39. The molecule has 6 nitrogen and oxygen atoms in total. The monoisotopic (exact) mass is 483 g/mol. The number of nitrogens with one attached hydrogen (secondary N) is 1. The van der Waals surface area contributed by atoms with Gasteiger partial charge < -0.3 is 10.2 Å². The van der Waals surface area contributed by atoms with E-state index in [2.05, 4.69) is 34.5 Å². The Morgan fingerprint density at radius 2 is 1.53 bits per heavy atom. The van der Waals surface area contributed by atoms with Gasteiger partial charge in [0.15, 0.2) is 0 Å². The van der Waals surface area contributed by atoms with E-state index in [0.29, 0.717) is 25.9 Å². The zero-order valence-corrected chi connectivity index (χ0v) is 21.0. The van der Waals surface area contributed by atoms with Crippen molar-refractivity contribution in [2.45, 2.75) is 50.5 Å². The van der Waals surface area contributed by atoms with Crippen LogP contribution in [-0.2, 0) is 26.7 Å². The van der Waals surface area contributed by atoms with E-state index in [1.807, 2.05) is 36.4 Å². The second kappa shape index (κ2) is 11.0. The largest absolute Gasteiger partial charge is 0.352 e. The van der Waals surface area contributed by atoms with Crippen molar-refractivity contribution in [1.82, 2.24) is 14.5 Å². The van der Waals surface area contributed by atoms with Gasteiger partial charge in [-0.3, -0.25) is 4.79 Å². The Bertz CT molecular complexity index is 1030. The van der Waals surface area contributed by atoms with Gasteiger partial charge >= 0.3 is 0 Å². The third-order valence-electron chi connectivity index (χ3n) is 7.58. The maximum atomic E-state index is 13.7. The molecule has 0 saturated carbocycles. The zero-order chi connectivity index (χ0) is 24.0. The minimum absolute atomic E-state index is 0.0509. The van der Waals surface area contributed by atoms with Gasteiger partial charge in [-0.05, 0) is 50.2 Å². The SMILES string of the molecule is CCS(=O)(=O)N1CCC(C(=O)NC2CCN(CCc3ccccc3)CC2)(c2ccccc2)CC1. The first-order valence-corrected chi connectivity index (χ1v) is 14.1. The molecular weight excluding hydrogens is 446 g/mol. The standard InChI is InChI=1S/C27H37N3O3S/c1-2-34(32,33)30-21-16-27(17-22-30,24-11-7-4-8-12-24)26(31)28-25-14-19-29(20-15-25)18-13-23-9-5-3-6-10-23/h3-12,25H,2,13-22H2,1H3,(H,28,31). The molecule has 0 aliphatic carbocycles. The molecule has 2 aromatic rings. The third kappa shape index (κ3) is 5.70. The summed E-state index contributed by atoms with van der Waals surface area (Å²) in [5, 5.41) is 3.36. The molecule has 0 bridgehead atoms. The normalized spacial score (nSPS) is 20.1. The number of hydrogen-bond donors (Lipinski definition) is 1. The number of piperidine rings is 2. The van der Waals surface area contributed by atoms with Gasteiger partial charge in [0.05, 0.1) is 11.2 Å². The Labute approximate surface area is 204 Å². The maximum Gasteiger partial charge on any atom is 0.230 e. The first-order chi connectivity index (χ1) is 16.4. The fraction of sp³-hybridized carbons (Fsp3) is 0.519. The number of hydrogen-bond acceptors (Lipinski definition) is 4. The molecule has 0 unspecified atom stereocenters. The predicted octanol–water partition coefficient (Wildman–Crippen LogP) is 3.19. The highest BCUT2D eigenvalue weighted by atomic mass is 32.2. The molecule has 2 fully saturated rings. The molecule has 4 rings (SSSR count). The van der Waals surface area contributed by atoms with Gasteiger partial charge in [-0.1, -0.05) is 60.7 Å². The third-order valence-corrected chi connectivity index (χ3v) is 9.46. The molecule has 0 atom stereocenters. The number of benzene rings is 2. The highest BCUT2D eigenvalue weighted by Crippen LogP contribution is 2.37. The molecular formula is C27H37N3O3S. The summed E-state index contributed by atoms with van der Waals surface area (Å²) in [5.74, 6) is 0.149. The second-order valence-electron chi connectivity index (χ2n) is 9.57. The highest BCUT2D eigenvalue weighted by Gasteiger charge is 2.45. The van der Waals surface area contributed by atoms with E-state index in [-0.39, 0.29) is 17.7 Å². The lowest BCUT2D eigenvalue weighted by Crippen LogP contribution is -2.56. The van der Waals surface area contributed by atoms with Crippen LogP contribution in [0.4, 0.5) is 0 Å². The van der Waals surface area contributed by atoms with Crippen molar-refractivity contribution in [2.75, 3.05) is 38.5 Å². The average molecular weight is 484 g/mol. The van der Waals surface area contributed by atoms with Crippen molar-refractivity contribution < 1.29 is 13.2 Å². The van der Waals surface area contributed by atoms with Gasteiger partial charge in [-0.15, -0.1) is 0 Å². The lowest BCUT2D eigenvalue weighted by Gasteiger charge is -2.42. The van der Waals surface area contributed by atoms with Gasteiger partial charge in [0.1, 0.15) is 0 Å². The van der Waals surface area contributed by atoms with Crippen LogP contribution in [0.5, 0.6) is 0 Å². The summed E-state index contributed by atoms with van der Waals surface area (Å²) in [6.07, 6.45) is 3.96. The number of nitrogens with zero attached hydrogens (tertiary/aromatic N) is 2. The molecule has 2 saturated heterocycles. The molecule has 2 aliphatic heterocycles. The summed E-state index contributed by atoms with van der Waals surface area (Å²) in [6, 6.07) is 20.6. The van der Waals surface area contributed by atoms with Gasteiger partial charge in [-0.25, -0.2) is 12.7 Å². The van der Waals surface area contributed by atoms with Gasteiger partial charge in [0.2, 0.25) is 15.9 Å². The Balaban J connectivity index is 1.37. The maximum absolute atomic E-state index is 13.7. The van der Waals surface area contributed by atoms with E-state index in [4.69, 9.17) is 0 Å². The highest BCUT2D eigenvalue weighted by molar-refractivity contribution is 7.89. The summed E-state index contributed by atoms with van der Waals surface area (Å²) in [7, 11) is -3.24. The van der Waals surface area contributed by atoms with Crippen LogP contribution in [-0.4, -0.2) is 68.0 Å². The Kier molecular flexibility index (Phi) is 8.06. The van der Waals surface area contributed by atoms with Crippen LogP contribution in [0, 0.1) is 0 Å². The van der Waals surface area contributed by atoms with Crippen LogP contribution in [0.3, 0.4) is 0 Å². The van der Waals surface area contributed by atoms with Crippen molar-refractivity contribution in [3.05, 3.63) is 71.8 Å². The minimum Gasteiger partial charge on any atom is -0.352 e. The van der Waals surface area contributed by atoms with Crippen molar-refractivity contribution in [2.24, 2.45) is 0 Å². The van der Waals surface area contributed by atoms with E-state index in [1.54, 1.807) is 11.2 Å². The molecule has 184 valence electrons. The van der Waals surface area contributed by atoms with Crippen LogP contribution < -0.4 is 5.32 Å². The Morgan fingerprint density at radius 1 is 0.941 bits per heavy atom. The zero-order valence-electron chi connectivity index (χ0n) is 20.2. The summed E-state index contributed by atoms with van der Waals surface area (Å²) in [5.41, 5.74) is 1.67. The van der Waals surface area contributed by atoms with Gasteiger partial charge in [-0.2, -0.15) is 0 Å². The molecule has 0 spiro atoms. The number of carbonyl (C=O) groups excluding carboxylic acids is 1. The van der Waals surface area contributed by atoms with Crippen molar-refractivity contribution in [3.8, 4) is 0 Å². The fourth-order valence-electron chi connectivity index (χ4n) is 5.29. The Hall–Kier alpha value is -2.22. The molecule has 0 aromatic heterocycles. The lowest BCUT2D eigenvalue weighted by atomic mass is 9.72. The Morgan fingerprint density at radius 3 is 2.12 bits per heavy atom. The smallest absolute Gasteiger partial charge is 0.230 e. The van der Waals surface area contributed by atoms with E-state index in [0.717, 1.165) is 44.5 Å². The quantitative estimate of drug-likeness (QED) is 0.626. The number of amides is 1. The van der Waals surface area contributed by atoms with Crippen molar-refractivity contribution in [1.29, 1.82) is 0 Å². The molecule has 2 aromatic carbocycles. The topological polar surface area (TPSA) is 69.7 Å². The van der Waals surface area contributed by atoms with Crippen molar-refractivity contribution in [3.63, 3.8) is 0 Å². The summed E-state index contributed by atoms with van der Waals surface area (Å²) < 4.78 is 26.3. The molecule has 1 N–H and O–H groups in total. The predicted molar refractivity (Wildman–Crippen MR) is 136 cm³/mol. The van der Waals surface area contributed by atoms with Crippen LogP contribution in [0.1, 0.15) is 43.7 Å². The molecule has 0 radical (unpaired) electrons. The first kappa shape index (κ1) is 24.9. The van der Waals surface area contributed by atoms with Crippen molar-refractivity contribution >= 4 is 15.9 Å². The minimum atomic E-state index is -3.24. The lowest BCUT2D eigenvalue weighted by molar-refractivity contribution is -0.129. The number of likely N-dealkylation sites (tertiary alicyclic amines) is 1. The number of carbonyl (C=O) groups is 1. The first-order valence-electron chi connectivity index (χ1n) is 12.5. The van der Waals surface area contributed by atoms with Crippen LogP contribution in [0.15, 0.2) is 60.7 Å². The van der Waals surface area contributed by atoms with Gasteiger partial charge in [0, 0.05) is 38.8 Å². The van der Waals surface area contributed by atoms with E-state index in [9.17, 15) is 13.2 Å². The average Bonchev–Trinajstić information content (AvgIpc) is 2.89. The molecule has 2 aliphatic rings.